The van der Waals surface area contributed by atoms with E-state index in [1.54, 1.807) is 6.92 Å². The van der Waals surface area contributed by atoms with Gasteiger partial charge in [-0.15, -0.1) is 0 Å². The van der Waals surface area contributed by atoms with Gasteiger partial charge < -0.3 is 0 Å². The Morgan fingerprint density at radius 1 is 1.23 bits per heavy atom. The summed E-state index contributed by atoms with van der Waals surface area (Å²) in [5.74, 6) is 0. The van der Waals surface area contributed by atoms with Crippen LogP contribution in [0.25, 0.3) is 0 Å². The summed E-state index contributed by atoms with van der Waals surface area (Å²) in [6.45, 7) is 3.63. The van der Waals surface area contributed by atoms with Crippen molar-refractivity contribution in [3.63, 3.8) is 0 Å². The minimum absolute atomic E-state index is 0.567. The van der Waals surface area contributed by atoms with E-state index >= 15 is 0 Å². The van der Waals surface area contributed by atoms with Gasteiger partial charge in [0.15, 0.2) is 0 Å². The molecule has 13 heavy (non-hydrogen) atoms. The van der Waals surface area contributed by atoms with Crippen molar-refractivity contribution in [2.75, 3.05) is 0 Å². The molecule has 0 saturated heterocycles. The Bertz CT molecular complexity index is 300. The Kier molecular flexibility index (Phi) is 2.64. The molecule has 0 aliphatic rings. The summed E-state index contributed by atoms with van der Waals surface area (Å²) < 4.78 is 36.6. The first-order valence-corrected chi connectivity index (χ1v) is 4.12. The van der Waals surface area contributed by atoms with E-state index in [2.05, 4.69) is 0 Å². The van der Waals surface area contributed by atoms with E-state index in [-0.39, 0.29) is 0 Å². The van der Waals surface area contributed by atoms with Crippen LogP contribution in [0.1, 0.15) is 23.6 Å². The smallest absolute Gasteiger partial charge is 0.166 e. The van der Waals surface area contributed by atoms with Gasteiger partial charge in [-0.3, -0.25) is 0 Å². The molecule has 0 heterocycles. The highest BCUT2D eigenvalue weighted by Crippen LogP contribution is 2.30. The number of alkyl halides is 3. The zero-order valence-corrected chi connectivity index (χ0v) is 7.57. The lowest BCUT2D eigenvalue weighted by atomic mass is 10.0. The van der Waals surface area contributed by atoms with Gasteiger partial charge >= 0.3 is 6.18 Å². The topological polar surface area (TPSA) is 0 Å². The minimum Gasteiger partial charge on any atom is -0.166 e. The van der Waals surface area contributed by atoms with Gasteiger partial charge in [0.1, 0.15) is 0 Å². The van der Waals surface area contributed by atoms with Crippen LogP contribution < -0.4 is 0 Å². The standard InChI is InChI=1S/C10H11F3/c1-3-8-4-5-9(6-7(8)2)10(11,12)13/h4-6H,3H2,1-2H3. The molecule has 0 spiro atoms. The molecule has 1 aromatic rings. The number of aryl methyl sites for hydroxylation is 2. The Morgan fingerprint density at radius 2 is 1.85 bits per heavy atom. The number of hydrogen-bond acceptors (Lipinski definition) is 0. The Morgan fingerprint density at radius 3 is 2.23 bits per heavy atom. The molecule has 0 fully saturated rings. The zero-order valence-electron chi connectivity index (χ0n) is 7.57. The summed E-state index contributed by atoms with van der Waals surface area (Å²) in [4.78, 5) is 0. The van der Waals surface area contributed by atoms with Crippen LogP contribution >= 0.6 is 0 Å². The van der Waals surface area contributed by atoms with Gasteiger partial charge in [-0.25, -0.2) is 0 Å². The first-order valence-electron chi connectivity index (χ1n) is 4.12. The third-order valence-electron chi connectivity index (χ3n) is 2.05. The highest BCUT2D eigenvalue weighted by molar-refractivity contribution is 5.32. The van der Waals surface area contributed by atoms with Gasteiger partial charge in [-0.05, 0) is 36.6 Å². The van der Waals surface area contributed by atoms with Crippen LogP contribution in [0.2, 0.25) is 0 Å². The molecule has 1 rings (SSSR count). The van der Waals surface area contributed by atoms with E-state index in [4.69, 9.17) is 0 Å². The van der Waals surface area contributed by atoms with E-state index in [1.807, 2.05) is 6.92 Å². The number of halogens is 3. The second kappa shape index (κ2) is 3.40. The van der Waals surface area contributed by atoms with Gasteiger partial charge in [-0.1, -0.05) is 13.0 Å². The second-order valence-electron chi connectivity index (χ2n) is 2.99. The second-order valence-corrected chi connectivity index (χ2v) is 2.99. The van der Waals surface area contributed by atoms with Crippen molar-refractivity contribution < 1.29 is 13.2 Å². The van der Waals surface area contributed by atoms with Crippen LogP contribution in [0, 0.1) is 6.92 Å². The molecule has 0 N–H and O–H groups in total. The van der Waals surface area contributed by atoms with Gasteiger partial charge in [-0.2, -0.15) is 13.2 Å². The van der Waals surface area contributed by atoms with Gasteiger partial charge in [0.05, 0.1) is 5.56 Å². The van der Waals surface area contributed by atoms with Crippen molar-refractivity contribution in [3.8, 4) is 0 Å². The molecule has 0 radical (unpaired) electrons. The molecule has 0 aromatic heterocycles. The van der Waals surface area contributed by atoms with Crippen molar-refractivity contribution in [3.05, 3.63) is 34.9 Å². The van der Waals surface area contributed by atoms with Crippen molar-refractivity contribution >= 4 is 0 Å². The molecule has 0 nitrogen and oxygen atoms in total. The van der Waals surface area contributed by atoms with Crippen molar-refractivity contribution in [1.29, 1.82) is 0 Å². The average Bonchev–Trinajstić information content (AvgIpc) is 2.02. The summed E-state index contributed by atoms with van der Waals surface area (Å²) in [5, 5.41) is 0. The lowest BCUT2D eigenvalue weighted by molar-refractivity contribution is -0.137. The Labute approximate surface area is 75.4 Å². The van der Waals surface area contributed by atoms with E-state index in [0.29, 0.717) is 5.56 Å². The fourth-order valence-corrected chi connectivity index (χ4v) is 1.27. The SMILES string of the molecule is CCc1ccc(C(F)(F)F)cc1C. The molecule has 0 aliphatic carbocycles. The molecule has 72 valence electrons. The molecule has 0 saturated carbocycles. The fraction of sp³-hybridized carbons (Fsp3) is 0.400. The third kappa shape index (κ3) is 2.23. The van der Waals surface area contributed by atoms with Crippen molar-refractivity contribution in [2.45, 2.75) is 26.4 Å². The maximum Gasteiger partial charge on any atom is 0.416 e. The summed E-state index contributed by atoms with van der Waals surface area (Å²) in [6, 6.07) is 3.86. The molecule has 3 heteroatoms. The molecule has 0 atom stereocenters. The van der Waals surface area contributed by atoms with E-state index in [1.165, 1.54) is 12.1 Å². The molecule has 0 unspecified atom stereocenters. The Hall–Kier alpha value is -0.990. The van der Waals surface area contributed by atoms with Crippen LogP contribution in [0.5, 0.6) is 0 Å². The highest BCUT2D eigenvalue weighted by Gasteiger charge is 2.30. The molecular formula is C10H11F3. The first-order chi connectivity index (χ1) is 5.95. The van der Waals surface area contributed by atoms with E-state index < -0.39 is 11.7 Å². The molecule has 1 aromatic carbocycles. The summed E-state index contributed by atoms with van der Waals surface area (Å²) in [7, 11) is 0. The third-order valence-corrected chi connectivity index (χ3v) is 2.05. The van der Waals surface area contributed by atoms with Crippen LogP contribution in [-0.4, -0.2) is 0 Å². The van der Waals surface area contributed by atoms with Crippen LogP contribution in [0.3, 0.4) is 0 Å². The first kappa shape index (κ1) is 10.1. The maximum atomic E-state index is 12.2. The predicted octanol–water partition coefficient (Wildman–Crippen LogP) is 3.58. The lowest BCUT2D eigenvalue weighted by Gasteiger charge is -2.09. The molecule has 0 amide bonds. The fourth-order valence-electron chi connectivity index (χ4n) is 1.27. The predicted molar refractivity (Wildman–Crippen MR) is 45.6 cm³/mol. The van der Waals surface area contributed by atoms with E-state index in [0.717, 1.165) is 18.1 Å². The molecular weight excluding hydrogens is 177 g/mol. The Balaban J connectivity index is 3.10. The quantitative estimate of drug-likeness (QED) is 0.632. The highest BCUT2D eigenvalue weighted by atomic mass is 19.4. The number of rotatable bonds is 1. The largest absolute Gasteiger partial charge is 0.416 e. The monoisotopic (exact) mass is 188 g/mol. The summed E-state index contributed by atoms with van der Waals surface area (Å²) in [5.41, 5.74) is 1.10. The van der Waals surface area contributed by atoms with Crippen LogP contribution in [0.4, 0.5) is 13.2 Å². The van der Waals surface area contributed by atoms with Crippen LogP contribution in [0.15, 0.2) is 18.2 Å². The van der Waals surface area contributed by atoms with Crippen molar-refractivity contribution in [2.24, 2.45) is 0 Å². The van der Waals surface area contributed by atoms with Crippen molar-refractivity contribution in [1.82, 2.24) is 0 Å². The summed E-state index contributed by atoms with van der Waals surface area (Å²) >= 11 is 0. The lowest BCUT2D eigenvalue weighted by Crippen LogP contribution is -2.05. The number of hydrogen-bond donors (Lipinski definition) is 0. The maximum absolute atomic E-state index is 12.2. The average molecular weight is 188 g/mol. The van der Waals surface area contributed by atoms with Crippen LogP contribution in [-0.2, 0) is 12.6 Å². The van der Waals surface area contributed by atoms with Gasteiger partial charge in [0.25, 0.3) is 0 Å². The van der Waals surface area contributed by atoms with E-state index in [9.17, 15) is 13.2 Å². The number of benzene rings is 1. The summed E-state index contributed by atoms with van der Waals surface area (Å²) in [6.07, 6.45) is -3.46. The molecule has 0 aliphatic heterocycles. The van der Waals surface area contributed by atoms with Gasteiger partial charge in [0.2, 0.25) is 0 Å². The minimum atomic E-state index is -4.23. The normalized spacial score (nSPS) is 11.8. The molecule has 0 bridgehead atoms. The zero-order chi connectivity index (χ0) is 10.1. The van der Waals surface area contributed by atoms with Gasteiger partial charge in [0, 0.05) is 0 Å².